The van der Waals surface area contributed by atoms with E-state index in [1.54, 1.807) is 6.33 Å². The second kappa shape index (κ2) is 6.69. The van der Waals surface area contributed by atoms with Gasteiger partial charge in [0.2, 0.25) is 5.91 Å². The maximum atomic E-state index is 12.6. The summed E-state index contributed by atoms with van der Waals surface area (Å²) in [6, 6.07) is 11.9. The summed E-state index contributed by atoms with van der Waals surface area (Å²) in [6.07, 6.45) is 4.47. The summed E-state index contributed by atoms with van der Waals surface area (Å²) in [4.78, 5) is 38.5. The number of aromatic nitrogens is 6. The van der Waals surface area contributed by atoms with E-state index < -0.39 is 0 Å². The molecule has 3 aromatic heterocycles. The zero-order valence-electron chi connectivity index (χ0n) is 14.8. The van der Waals surface area contributed by atoms with Crippen molar-refractivity contribution in [2.75, 3.05) is 23.3 Å². The number of nitrogens with one attached hydrogen (secondary N) is 2. The minimum atomic E-state index is -0.136. The molecule has 1 amide bonds. The first-order chi connectivity index (χ1) is 13.8. The highest BCUT2D eigenvalue weighted by Crippen LogP contribution is 2.27. The monoisotopic (exact) mass is 372 g/mol. The van der Waals surface area contributed by atoms with Crippen molar-refractivity contribution >= 4 is 28.7 Å². The van der Waals surface area contributed by atoms with Crippen LogP contribution in [-0.2, 0) is 4.79 Å². The number of aromatic amines is 1. The van der Waals surface area contributed by atoms with Crippen molar-refractivity contribution in [3.05, 3.63) is 55.4 Å². The summed E-state index contributed by atoms with van der Waals surface area (Å²) < 4.78 is 0. The van der Waals surface area contributed by atoms with Gasteiger partial charge in [-0.25, -0.2) is 24.9 Å². The van der Waals surface area contributed by atoms with Crippen molar-refractivity contribution in [3.63, 3.8) is 0 Å². The number of nitrogens with zero attached hydrogens (tertiary/aromatic N) is 6. The van der Waals surface area contributed by atoms with E-state index in [0.717, 1.165) is 17.1 Å². The van der Waals surface area contributed by atoms with E-state index in [4.69, 9.17) is 0 Å². The Bertz CT molecular complexity index is 1140. The smallest absolute Gasteiger partial charge is 0.232 e. The number of carbonyl (C=O) groups is 1. The molecular weight excluding hydrogens is 356 g/mol. The van der Waals surface area contributed by atoms with Gasteiger partial charge in [0.05, 0.1) is 17.9 Å². The van der Waals surface area contributed by atoms with E-state index in [1.807, 2.05) is 36.4 Å². The van der Waals surface area contributed by atoms with Crippen LogP contribution in [0.5, 0.6) is 0 Å². The van der Waals surface area contributed by atoms with Crippen molar-refractivity contribution in [1.82, 2.24) is 29.9 Å². The lowest BCUT2D eigenvalue weighted by Crippen LogP contribution is -2.52. The Balaban J connectivity index is 1.26. The van der Waals surface area contributed by atoms with Crippen molar-refractivity contribution in [2.24, 2.45) is 5.92 Å². The van der Waals surface area contributed by atoms with E-state index in [2.05, 4.69) is 40.1 Å². The third-order valence-corrected chi connectivity index (χ3v) is 4.76. The van der Waals surface area contributed by atoms with Gasteiger partial charge in [0.1, 0.15) is 24.0 Å². The van der Waals surface area contributed by atoms with Gasteiger partial charge >= 0.3 is 0 Å². The topological polar surface area (TPSA) is 113 Å². The number of fused-ring (bicyclic) bond motifs is 1. The molecule has 0 spiro atoms. The van der Waals surface area contributed by atoms with E-state index in [1.165, 1.54) is 12.7 Å². The molecule has 1 aromatic carbocycles. The first-order valence-electron chi connectivity index (χ1n) is 8.85. The van der Waals surface area contributed by atoms with Gasteiger partial charge in [0.15, 0.2) is 11.5 Å². The van der Waals surface area contributed by atoms with Crippen LogP contribution >= 0.6 is 0 Å². The molecule has 0 radical (unpaired) electrons. The summed E-state index contributed by atoms with van der Waals surface area (Å²) in [5.41, 5.74) is 3.04. The van der Waals surface area contributed by atoms with Crippen LogP contribution in [0.1, 0.15) is 0 Å². The molecule has 138 valence electrons. The number of amides is 1. The van der Waals surface area contributed by atoms with E-state index in [9.17, 15) is 4.79 Å². The molecule has 9 nitrogen and oxygen atoms in total. The second-order valence-corrected chi connectivity index (χ2v) is 6.54. The molecule has 0 aliphatic carbocycles. The highest BCUT2D eigenvalue weighted by Gasteiger charge is 2.34. The first-order valence-corrected chi connectivity index (χ1v) is 8.85. The van der Waals surface area contributed by atoms with Crippen LogP contribution in [0.4, 0.5) is 11.6 Å². The highest BCUT2D eigenvalue weighted by molar-refractivity contribution is 5.98. The van der Waals surface area contributed by atoms with Crippen LogP contribution in [0.2, 0.25) is 0 Å². The first kappa shape index (κ1) is 16.3. The highest BCUT2D eigenvalue weighted by atomic mass is 16.2. The Morgan fingerprint density at radius 1 is 1.04 bits per heavy atom. The van der Waals surface area contributed by atoms with Gasteiger partial charge in [-0.15, -0.1) is 0 Å². The van der Waals surface area contributed by atoms with Crippen LogP contribution in [-0.4, -0.2) is 48.9 Å². The molecule has 1 saturated heterocycles. The Kier molecular flexibility index (Phi) is 3.90. The molecule has 2 N–H and O–H groups in total. The average Bonchev–Trinajstić information content (AvgIpc) is 3.18. The van der Waals surface area contributed by atoms with Crippen LogP contribution in [0.3, 0.4) is 0 Å². The number of carbonyl (C=O) groups excluding carboxylic acids is 1. The maximum absolute atomic E-state index is 12.6. The van der Waals surface area contributed by atoms with Gasteiger partial charge in [-0.1, -0.05) is 30.3 Å². The summed E-state index contributed by atoms with van der Waals surface area (Å²) in [5.74, 6) is 1.04. The third kappa shape index (κ3) is 2.92. The van der Waals surface area contributed by atoms with Gasteiger partial charge in [0, 0.05) is 24.7 Å². The molecule has 5 rings (SSSR count). The normalized spacial score (nSPS) is 14.1. The number of H-pyrrole nitrogens is 1. The molecule has 4 aromatic rings. The van der Waals surface area contributed by atoms with Crippen molar-refractivity contribution < 1.29 is 4.79 Å². The fourth-order valence-corrected chi connectivity index (χ4v) is 3.20. The maximum Gasteiger partial charge on any atom is 0.232 e. The number of anilines is 2. The molecule has 0 atom stereocenters. The molecule has 1 aliphatic rings. The molecule has 9 heteroatoms. The largest absolute Gasteiger partial charge is 0.355 e. The number of hydrogen-bond donors (Lipinski definition) is 2. The third-order valence-electron chi connectivity index (χ3n) is 4.76. The Labute approximate surface area is 159 Å². The Morgan fingerprint density at radius 2 is 1.86 bits per heavy atom. The predicted octanol–water partition coefficient (Wildman–Crippen LogP) is 1.88. The van der Waals surface area contributed by atoms with Gasteiger partial charge in [-0.3, -0.25) is 4.79 Å². The zero-order valence-corrected chi connectivity index (χ0v) is 14.8. The summed E-state index contributed by atoms with van der Waals surface area (Å²) in [7, 11) is 0. The number of rotatable bonds is 4. The van der Waals surface area contributed by atoms with Crippen molar-refractivity contribution in [2.45, 2.75) is 0 Å². The molecule has 0 unspecified atom stereocenters. The van der Waals surface area contributed by atoms with Crippen LogP contribution in [0, 0.1) is 5.92 Å². The molecule has 1 fully saturated rings. The number of imidazole rings is 1. The zero-order chi connectivity index (χ0) is 18.9. The molecule has 0 bridgehead atoms. The minimum absolute atomic E-state index is 0.0804. The van der Waals surface area contributed by atoms with Crippen molar-refractivity contribution in [3.8, 4) is 11.3 Å². The van der Waals surface area contributed by atoms with Gasteiger partial charge in [0.25, 0.3) is 0 Å². The predicted molar refractivity (Wildman–Crippen MR) is 103 cm³/mol. The quantitative estimate of drug-likeness (QED) is 0.562. The molecule has 28 heavy (non-hydrogen) atoms. The van der Waals surface area contributed by atoms with Gasteiger partial charge in [-0.05, 0) is 0 Å². The van der Waals surface area contributed by atoms with E-state index >= 15 is 0 Å². The average molecular weight is 372 g/mol. The fraction of sp³-hybridized carbons (Fsp3) is 0.158. The lowest BCUT2D eigenvalue weighted by atomic mass is 9.99. The minimum Gasteiger partial charge on any atom is -0.355 e. The molecule has 0 saturated carbocycles. The standard InChI is InChI=1S/C19H16N8O/c28-19(26-18-16-17(23-10-22-16)24-11-25-18)13-7-27(8-13)15-6-14(20-9-21-15)12-4-2-1-3-5-12/h1-6,9-11,13H,7-8H2,(H2,22,23,24,25,26,28). The van der Waals surface area contributed by atoms with Crippen LogP contribution in [0.15, 0.2) is 55.4 Å². The number of benzene rings is 1. The second-order valence-electron chi connectivity index (χ2n) is 6.54. The molecular formula is C19H16N8O. The lowest BCUT2D eigenvalue weighted by Gasteiger charge is -2.39. The molecule has 4 heterocycles. The lowest BCUT2D eigenvalue weighted by molar-refractivity contribution is -0.120. The van der Waals surface area contributed by atoms with Gasteiger partial charge < -0.3 is 15.2 Å². The summed E-state index contributed by atoms with van der Waals surface area (Å²) in [6.45, 7) is 1.18. The van der Waals surface area contributed by atoms with E-state index in [-0.39, 0.29) is 11.8 Å². The fourth-order valence-electron chi connectivity index (χ4n) is 3.20. The Hall–Kier alpha value is -3.88. The van der Waals surface area contributed by atoms with Crippen molar-refractivity contribution in [1.29, 1.82) is 0 Å². The van der Waals surface area contributed by atoms with Gasteiger partial charge in [-0.2, -0.15) is 0 Å². The van der Waals surface area contributed by atoms with Crippen LogP contribution in [0.25, 0.3) is 22.4 Å². The van der Waals surface area contributed by atoms with Crippen LogP contribution < -0.4 is 10.2 Å². The summed E-state index contributed by atoms with van der Waals surface area (Å²) in [5, 5.41) is 2.86. The molecule has 1 aliphatic heterocycles. The summed E-state index contributed by atoms with van der Waals surface area (Å²) >= 11 is 0. The SMILES string of the molecule is O=C(Nc1ncnc2nc[nH]c12)C1CN(c2cc(-c3ccccc3)ncn2)C1. The number of hydrogen-bond acceptors (Lipinski definition) is 7. The van der Waals surface area contributed by atoms with E-state index in [0.29, 0.717) is 30.1 Å². The Morgan fingerprint density at radius 3 is 2.71 bits per heavy atom.